The van der Waals surface area contributed by atoms with Crippen LogP contribution in [0.15, 0.2) is 146 Å². The Morgan fingerprint density at radius 2 is 1.07 bits per heavy atom. The van der Waals surface area contributed by atoms with E-state index in [9.17, 15) is 9.59 Å². The fraction of sp³-hybridized carbons (Fsp3) is 0.135. The normalized spacial score (nSPS) is 12.5. The van der Waals surface area contributed by atoms with Crippen LogP contribution in [0.4, 0.5) is 0 Å². The third-order valence-corrected chi connectivity index (χ3v) is 9.66. The van der Waals surface area contributed by atoms with Crippen molar-refractivity contribution in [3.8, 4) is 0 Å². The quantitative estimate of drug-likeness (QED) is 0.206. The van der Waals surface area contributed by atoms with E-state index in [1.807, 2.05) is 140 Å². The molecule has 216 valence electrons. The standard InChI is InChI=1S/C37H36N3O2P/c1-40(2)27-33(28-17-7-3-8-18-28)38-37(42)35(29-19-9-4-10-20-29)39-36(41)32-25-15-16-26-34(32)43(30-21-11-5-12-22-30)31-23-13-6-14-24-31/h3-26,33,35H,27H2,1-2H3,(H,38,42)(H,39,41)/t33-,35+/m1/s1. The number of carbonyl (C=O) groups excluding carboxylic acids is 2. The Morgan fingerprint density at radius 3 is 1.60 bits per heavy atom. The van der Waals surface area contributed by atoms with E-state index < -0.39 is 14.0 Å². The first-order chi connectivity index (χ1) is 21.0. The molecule has 5 aromatic rings. The number of nitrogens with zero attached hydrogens (tertiary/aromatic N) is 1. The van der Waals surface area contributed by atoms with Crippen molar-refractivity contribution in [2.24, 2.45) is 0 Å². The van der Waals surface area contributed by atoms with E-state index in [4.69, 9.17) is 0 Å². The Morgan fingerprint density at radius 1 is 0.605 bits per heavy atom. The molecule has 43 heavy (non-hydrogen) atoms. The highest BCUT2D eigenvalue weighted by Gasteiger charge is 2.28. The van der Waals surface area contributed by atoms with Gasteiger partial charge in [0.15, 0.2) is 0 Å². The van der Waals surface area contributed by atoms with Gasteiger partial charge in [-0.15, -0.1) is 0 Å². The molecule has 0 spiro atoms. The SMILES string of the molecule is CN(C)C[C@@H](NC(=O)[C@@H](NC(=O)c1ccccc1P(c1ccccc1)c1ccccc1)c1ccccc1)c1ccccc1. The minimum atomic E-state index is -1.01. The highest BCUT2D eigenvalue weighted by molar-refractivity contribution is 7.80. The molecule has 0 radical (unpaired) electrons. The second-order valence-electron chi connectivity index (χ2n) is 10.6. The van der Waals surface area contributed by atoms with Crippen molar-refractivity contribution in [1.82, 2.24) is 15.5 Å². The summed E-state index contributed by atoms with van der Waals surface area (Å²) in [6.07, 6.45) is 0. The maximum absolute atomic E-state index is 14.2. The summed E-state index contributed by atoms with van der Waals surface area (Å²) < 4.78 is 0. The predicted octanol–water partition coefficient (Wildman–Crippen LogP) is 5.34. The fourth-order valence-corrected chi connectivity index (χ4v) is 7.58. The lowest BCUT2D eigenvalue weighted by molar-refractivity contribution is -0.124. The molecule has 0 fully saturated rings. The second-order valence-corrected chi connectivity index (χ2v) is 12.8. The van der Waals surface area contributed by atoms with Crippen molar-refractivity contribution in [2.75, 3.05) is 20.6 Å². The summed E-state index contributed by atoms with van der Waals surface area (Å²) in [7, 11) is 2.94. The number of nitrogens with one attached hydrogen (secondary N) is 2. The fourth-order valence-electron chi connectivity index (χ4n) is 5.14. The molecule has 0 saturated carbocycles. The number of rotatable bonds is 11. The predicted molar refractivity (Wildman–Crippen MR) is 178 cm³/mol. The highest BCUT2D eigenvalue weighted by Crippen LogP contribution is 2.34. The van der Waals surface area contributed by atoms with E-state index in [2.05, 4.69) is 34.9 Å². The lowest BCUT2D eigenvalue weighted by atomic mass is 10.0. The second kappa shape index (κ2) is 14.6. The molecule has 0 heterocycles. The van der Waals surface area contributed by atoms with Crippen LogP contribution in [0.25, 0.3) is 0 Å². The minimum absolute atomic E-state index is 0.247. The van der Waals surface area contributed by atoms with Gasteiger partial charge in [-0.1, -0.05) is 140 Å². The number of likely N-dealkylation sites (N-methyl/N-ethyl adjacent to an activating group) is 1. The first-order valence-electron chi connectivity index (χ1n) is 14.4. The van der Waals surface area contributed by atoms with Crippen LogP contribution >= 0.6 is 7.92 Å². The Hall–Kier alpha value is -4.57. The maximum Gasteiger partial charge on any atom is 0.252 e. The minimum Gasteiger partial charge on any atom is -0.346 e. The van der Waals surface area contributed by atoms with Crippen LogP contribution in [0.1, 0.15) is 33.6 Å². The van der Waals surface area contributed by atoms with Crippen molar-refractivity contribution < 1.29 is 9.59 Å². The number of hydrogen-bond acceptors (Lipinski definition) is 3. The molecule has 0 aliphatic heterocycles. The van der Waals surface area contributed by atoms with Gasteiger partial charge in [0.1, 0.15) is 6.04 Å². The van der Waals surface area contributed by atoms with Crippen molar-refractivity contribution in [3.05, 3.63) is 162 Å². The number of amides is 2. The average molecular weight is 586 g/mol. The van der Waals surface area contributed by atoms with Crippen LogP contribution in [0.3, 0.4) is 0 Å². The molecule has 6 heteroatoms. The van der Waals surface area contributed by atoms with Gasteiger partial charge in [0.05, 0.1) is 6.04 Å². The topological polar surface area (TPSA) is 61.4 Å². The Bertz CT molecular complexity index is 1570. The Kier molecular flexibility index (Phi) is 10.1. The van der Waals surface area contributed by atoms with Gasteiger partial charge in [-0.05, 0) is 55.1 Å². The zero-order valence-corrected chi connectivity index (χ0v) is 25.3. The van der Waals surface area contributed by atoms with E-state index in [1.165, 1.54) is 0 Å². The van der Waals surface area contributed by atoms with E-state index in [-0.39, 0.29) is 17.9 Å². The van der Waals surface area contributed by atoms with E-state index in [0.717, 1.165) is 27.0 Å². The Labute approximate surface area is 255 Å². The average Bonchev–Trinajstić information content (AvgIpc) is 3.05. The monoisotopic (exact) mass is 585 g/mol. The van der Waals surface area contributed by atoms with Crippen LogP contribution in [0, 0.1) is 0 Å². The zero-order chi connectivity index (χ0) is 30.0. The third-order valence-electron chi connectivity index (χ3n) is 7.16. The molecule has 0 aromatic heterocycles. The van der Waals surface area contributed by atoms with E-state index >= 15 is 0 Å². The summed E-state index contributed by atoms with van der Waals surface area (Å²) >= 11 is 0. The number of hydrogen-bond donors (Lipinski definition) is 2. The van der Waals surface area contributed by atoms with Gasteiger partial charge in [0.2, 0.25) is 5.91 Å². The molecule has 2 N–H and O–H groups in total. The van der Waals surface area contributed by atoms with Crippen molar-refractivity contribution in [1.29, 1.82) is 0 Å². The summed E-state index contributed by atoms with van der Waals surface area (Å²) in [5.41, 5.74) is 2.28. The lowest BCUT2D eigenvalue weighted by Crippen LogP contribution is -2.44. The molecular weight excluding hydrogens is 549 g/mol. The number of benzene rings is 5. The maximum atomic E-state index is 14.2. The first-order valence-corrected chi connectivity index (χ1v) is 15.7. The largest absolute Gasteiger partial charge is 0.346 e. The molecule has 0 unspecified atom stereocenters. The highest BCUT2D eigenvalue weighted by atomic mass is 31.1. The molecular formula is C37H36N3O2P. The molecule has 5 nitrogen and oxygen atoms in total. The molecule has 0 bridgehead atoms. The van der Waals surface area contributed by atoms with Crippen LogP contribution < -0.4 is 26.5 Å². The molecule has 0 aliphatic rings. The van der Waals surface area contributed by atoms with Crippen LogP contribution in [-0.4, -0.2) is 37.4 Å². The summed E-state index contributed by atoms with van der Waals surface area (Å²) in [6.45, 7) is 0.618. The van der Waals surface area contributed by atoms with Crippen LogP contribution in [0.5, 0.6) is 0 Å². The van der Waals surface area contributed by atoms with Gasteiger partial charge in [0, 0.05) is 12.1 Å². The van der Waals surface area contributed by atoms with E-state index in [1.54, 1.807) is 0 Å². The molecule has 2 amide bonds. The molecule has 5 rings (SSSR count). The molecule has 0 aliphatic carbocycles. The van der Waals surface area contributed by atoms with Crippen molar-refractivity contribution >= 4 is 35.6 Å². The summed E-state index contributed by atoms with van der Waals surface area (Å²) in [6, 6.07) is 46.5. The van der Waals surface area contributed by atoms with Gasteiger partial charge in [-0.2, -0.15) is 0 Å². The van der Waals surface area contributed by atoms with E-state index in [0.29, 0.717) is 12.1 Å². The summed E-state index contributed by atoms with van der Waals surface area (Å²) in [5.74, 6) is -0.552. The lowest BCUT2D eigenvalue weighted by Gasteiger charge is -2.27. The Balaban J connectivity index is 1.49. The van der Waals surface area contributed by atoms with Crippen molar-refractivity contribution in [3.63, 3.8) is 0 Å². The van der Waals surface area contributed by atoms with Gasteiger partial charge in [-0.3, -0.25) is 9.59 Å². The van der Waals surface area contributed by atoms with Crippen LogP contribution in [-0.2, 0) is 4.79 Å². The zero-order valence-electron chi connectivity index (χ0n) is 24.4. The van der Waals surface area contributed by atoms with Gasteiger partial charge in [-0.25, -0.2) is 0 Å². The van der Waals surface area contributed by atoms with Gasteiger partial charge >= 0.3 is 0 Å². The number of carbonyl (C=O) groups is 2. The van der Waals surface area contributed by atoms with Gasteiger partial charge < -0.3 is 15.5 Å². The van der Waals surface area contributed by atoms with Crippen molar-refractivity contribution in [2.45, 2.75) is 12.1 Å². The smallest absolute Gasteiger partial charge is 0.252 e. The van der Waals surface area contributed by atoms with Crippen LogP contribution in [0.2, 0.25) is 0 Å². The van der Waals surface area contributed by atoms with Gasteiger partial charge in [0.25, 0.3) is 5.91 Å². The molecule has 5 aromatic carbocycles. The first kappa shape index (κ1) is 29.9. The molecule has 0 saturated heterocycles. The summed E-state index contributed by atoms with van der Waals surface area (Å²) in [4.78, 5) is 30.2. The summed E-state index contributed by atoms with van der Waals surface area (Å²) in [5, 5.41) is 9.56. The third kappa shape index (κ3) is 7.64. The molecule has 2 atom stereocenters.